The maximum Gasteiger partial charge on any atom is 0.0577 e. The Hall–Kier alpha value is 0.01000. The van der Waals surface area contributed by atoms with E-state index in [1.54, 1.807) is 0 Å². The van der Waals surface area contributed by atoms with Crippen LogP contribution in [-0.4, -0.2) is 22.5 Å². The molecule has 0 aromatic carbocycles. The Morgan fingerprint density at radius 3 is 2.67 bits per heavy atom. The number of unbranched alkanes of at least 4 members (excludes halogenated alkanes) is 2. The summed E-state index contributed by atoms with van der Waals surface area (Å²) in [6.45, 7) is 5.06. The monoisotopic (exact) mass is 391 g/mol. The van der Waals surface area contributed by atoms with Crippen LogP contribution in [0.4, 0.5) is 0 Å². The van der Waals surface area contributed by atoms with Crippen LogP contribution in [0, 0.1) is 28.6 Å². The Morgan fingerprint density at radius 1 is 1.07 bits per heavy atom. The van der Waals surface area contributed by atoms with Gasteiger partial charge in [-0.3, -0.25) is 0 Å². The number of aliphatic hydroxyl groups is 1. The maximum absolute atomic E-state index is 10.2. The minimum Gasteiger partial charge on any atom is -0.393 e. The molecular weight excluding hydrogens is 350 g/mol. The van der Waals surface area contributed by atoms with Gasteiger partial charge in [0, 0.05) is 5.54 Å². The fourth-order valence-electron chi connectivity index (χ4n) is 8.12. The van der Waals surface area contributed by atoms with Gasteiger partial charge in [0.05, 0.1) is 6.10 Å². The molecule has 0 spiro atoms. The van der Waals surface area contributed by atoms with Crippen molar-refractivity contribution in [1.82, 2.24) is 0 Å². The van der Waals surface area contributed by atoms with Crippen molar-refractivity contribution in [1.29, 1.82) is 0 Å². The molecule has 0 aliphatic heterocycles. The summed E-state index contributed by atoms with van der Waals surface area (Å²) in [5.41, 5.74) is 9.57. The van der Waals surface area contributed by atoms with Gasteiger partial charge in [-0.1, -0.05) is 38.3 Å². The molecule has 0 aromatic heterocycles. The first-order chi connectivity index (χ1) is 12.8. The van der Waals surface area contributed by atoms with E-state index < -0.39 is 0 Å². The standard InChI is InChI=1S/C24H41NOS/c1-22-13-11-21-23(2)12-10-19(26)16-18(23)9-14-24(21,25)20(22)8-7-17(22)6-4-3-5-15-27/h9,17,19-21,26-27H,3-8,10-16,25H2,1-2H3. The highest BCUT2D eigenvalue weighted by Gasteiger charge is 2.63. The van der Waals surface area contributed by atoms with E-state index in [2.05, 4.69) is 32.6 Å². The van der Waals surface area contributed by atoms with Crippen molar-refractivity contribution in [2.75, 3.05) is 5.75 Å². The fraction of sp³-hybridized carbons (Fsp3) is 0.917. The van der Waals surface area contributed by atoms with E-state index in [4.69, 9.17) is 5.73 Å². The van der Waals surface area contributed by atoms with Crippen molar-refractivity contribution in [3.05, 3.63) is 11.6 Å². The van der Waals surface area contributed by atoms with Crippen molar-refractivity contribution in [3.8, 4) is 0 Å². The summed E-state index contributed by atoms with van der Waals surface area (Å²) in [5.74, 6) is 3.19. The van der Waals surface area contributed by atoms with E-state index in [0.29, 0.717) is 17.3 Å². The van der Waals surface area contributed by atoms with Gasteiger partial charge in [0.1, 0.15) is 0 Å². The van der Waals surface area contributed by atoms with Gasteiger partial charge < -0.3 is 10.8 Å². The van der Waals surface area contributed by atoms with Crippen LogP contribution in [0.15, 0.2) is 11.6 Å². The molecule has 3 N–H and O–H groups in total. The molecule has 2 nitrogen and oxygen atoms in total. The summed E-state index contributed by atoms with van der Waals surface area (Å²) in [4.78, 5) is 0. The zero-order valence-corrected chi connectivity index (χ0v) is 18.4. The lowest BCUT2D eigenvalue weighted by atomic mass is 9.44. The van der Waals surface area contributed by atoms with Gasteiger partial charge in [-0.25, -0.2) is 0 Å². The van der Waals surface area contributed by atoms with Gasteiger partial charge >= 0.3 is 0 Å². The smallest absolute Gasteiger partial charge is 0.0577 e. The van der Waals surface area contributed by atoms with Crippen molar-refractivity contribution in [2.45, 2.75) is 103 Å². The number of nitrogens with two attached hydrogens (primary N) is 1. The van der Waals surface area contributed by atoms with Gasteiger partial charge in [-0.2, -0.15) is 12.6 Å². The molecule has 0 amide bonds. The van der Waals surface area contributed by atoms with Gasteiger partial charge in [0.25, 0.3) is 0 Å². The predicted molar refractivity (Wildman–Crippen MR) is 117 cm³/mol. The Morgan fingerprint density at radius 2 is 1.89 bits per heavy atom. The molecule has 4 aliphatic carbocycles. The number of fused-ring (bicyclic) bond motifs is 5. The van der Waals surface area contributed by atoms with Crippen LogP contribution >= 0.6 is 12.6 Å². The quantitative estimate of drug-likeness (QED) is 0.329. The molecule has 154 valence electrons. The average molecular weight is 392 g/mol. The minimum absolute atomic E-state index is 0.0204. The summed E-state index contributed by atoms with van der Waals surface area (Å²) in [7, 11) is 0. The van der Waals surface area contributed by atoms with E-state index in [0.717, 1.165) is 37.4 Å². The number of aliphatic hydroxyl groups excluding tert-OH is 1. The molecule has 27 heavy (non-hydrogen) atoms. The number of hydrogen-bond acceptors (Lipinski definition) is 3. The predicted octanol–water partition coefficient (Wildman–Crippen LogP) is 5.50. The van der Waals surface area contributed by atoms with E-state index >= 15 is 0 Å². The Bertz CT molecular complexity index is 591. The summed E-state index contributed by atoms with van der Waals surface area (Å²) < 4.78 is 0. The zero-order chi connectivity index (χ0) is 19.3. The first kappa shape index (κ1) is 20.3. The third-order valence-electron chi connectivity index (χ3n) is 9.67. The molecular formula is C24H41NOS. The SMILES string of the molecule is CC12CCC(O)CC1=CCC1(N)C2CCC2(C)C(CCCCCS)CCC21. The summed E-state index contributed by atoms with van der Waals surface area (Å²) in [6.07, 6.45) is 17.1. The van der Waals surface area contributed by atoms with Crippen LogP contribution in [0.25, 0.3) is 0 Å². The van der Waals surface area contributed by atoms with Crippen LogP contribution in [0.1, 0.15) is 90.9 Å². The van der Waals surface area contributed by atoms with E-state index in [1.165, 1.54) is 56.9 Å². The molecule has 4 aliphatic rings. The van der Waals surface area contributed by atoms with Crippen LogP contribution in [0.5, 0.6) is 0 Å². The van der Waals surface area contributed by atoms with Crippen molar-refractivity contribution >= 4 is 12.6 Å². The Kier molecular flexibility index (Phi) is 5.53. The second kappa shape index (κ2) is 7.36. The molecule has 7 atom stereocenters. The fourth-order valence-corrected chi connectivity index (χ4v) is 8.34. The molecule has 3 saturated carbocycles. The Balaban J connectivity index is 1.55. The van der Waals surface area contributed by atoms with Crippen LogP contribution in [-0.2, 0) is 0 Å². The highest BCUT2D eigenvalue weighted by molar-refractivity contribution is 7.80. The highest BCUT2D eigenvalue weighted by Crippen LogP contribution is 2.67. The van der Waals surface area contributed by atoms with Crippen LogP contribution in [0.3, 0.4) is 0 Å². The third-order valence-corrected chi connectivity index (χ3v) is 9.99. The number of hydrogen-bond donors (Lipinski definition) is 3. The molecule has 0 aromatic rings. The van der Waals surface area contributed by atoms with Gasteiger partial charge in [0.2, 0.25) is 0 Å². The number of thiol groups is 1. The minimum atomic E-state index is -0.128. The van der Waals surface area contributed by atoms with E-state index in [9.17, 15) is 5.11 Å². The van der Waals surface area contributed by atoms with Crippen molar-refractivity contribution < 1.29 is 5.11 Å². The van der Waals surface area contributed by atoms with Gasteiger partial charge in [-0.15, -0.1) is 0 Å². The lowest BCUT2D eigenvalue weighted by Gasteiger charge is -2.63. The molecule has 7 unspecified atom stereocenters. The molecule has 0 bridgehead atoms. The lowest BCUT2D eigenvalue weighted by molar-refractivity contribution is -0.0682. The van der Waals surface area contributed by atoms with Crippen LogP contribution < -0.4 is 5.73 Å². The molecule has 0 saturated heterocycles. The lowest BCUT2D eigenvalue weighted by Crippen LogP contribution is -2.66. The first-order valence-corrected chi connectivity index (χ1v) is 12.2. The van der Waals surface area contributed by atoms with Crippen molar-refractivity contribution in [3.63, 3.8) is 0 Å². The summed E-state index contributed by atoms with van der Waals surface area (Å²) in [6, 6.07) is 0. The molecule has 0 radical (unpaired) electrons. The maximum atomic E-state index is 10.2. The van der Waals surface area contributed by atoms with Gasteiger partial charge in [-0.05, 0) is 98.5 Å². The highest BCUT2D eigenvalue weighted by atomic mass is 32.1. The first-order valence-electron chi connectivity index (χ1n) is 11.6. The molecule has 3 fully saturated rings. The topological polar surface area (TPSA) is 46.2 Å². The average Bonchev–Trinajstić information content (AvgIpc) is 2.97. The number of rotatable bonds is 5. The Labute approximate surface area is 172 Å². The van der Waals surface area contributed by atoms with Crippen LogP contribution in [0.2, 0.25) is 0 Å². The summed E-state index contributed by atoms with van der Waals surface area (Å²) >= 11 is 4.37. The second-order valence-electron chi connectivity index (χ2n) is 10.9. The molecule has 3 heteroatoms. The molecule has 0 heterocycles. The zero-order valence-electron chi connectivity index (χ0n) is 17.6. The van der Waals surface area contributed by atoms with Gasteiger partial charge in [0.15, 0.2) is 0 Å². The summed E-state index contributed by atoms with van der Waals surface area (Å²) in [5, 5.41) is 10.2. The van der Waals surface area contributed by atoms with E-state index in [-0.39, 0.29) is 17.1 Å². The van der Waals surface area contributed by atoms with E-state index in [1.807, 2.05) is 0 Å². The molecule has 4 rings (SSSR count). The second-order valence-corrected chi connectivity index (χ2v) is 11.3. The normalized spacial score (nSPS) is 49.1. The van der Waals surface area contributed by atoms with Crippen molar-refractivity contribution in [2.24, 2.45) is 34.3 Å². The largest absolute Gasteiger partial charge is 0.393 e. The third kappa shape index (κ3) is 3.15.